The van der Waals surface area contributed by atoms with Gasteiger partial charge in [0.1, 0.15) is 0 Å². The number of ether oxygens (including phenoxy) is 1. The zero-order valence-corrected chi connectivity index (χ0v) is 9.86. The normalized spacial score (nSPS) is 11.2. The van der Waals surface area contributed by atoms with Gasteiger partial charge in [-0.25, -0.2) is 0 Å². The van der Waals surface area contributed by atoms with E-state index in [2.05, 4.69) is 30.3 Å². The van der Waals surface area contributed by atoms with E-state index in [1.807, 2.05) is 10.9 Å². The Kier molecular flexibility index (Phi) is 5.36. The van der Waals surface area contributed by atoms with Crippen LogP contribution in [0.4, 0.5) is 0 Å². The van der Waals surface area contributed by atoms with Crippen LogP contribution in [0.1, 0.15) is 19.5 Å². The van der Waals surface area contributed by atoms with Crippen molar-refractivity contribution in [1.29, 1.82) is 0 Å². The van der Waals surface area contributed by atoms with Crippen molar-refractivity contribution in [3.63, 3.8) is 0 Å². The van der Waals surface area contributed by atoms with Gasteiger partial charge in [-0.3, -0.25) is 4.68 Å². The minimum absolute atomic E-state index is 0.638. The van der Waals surface area contributed by atoms with Gasteiger partial charge in [-0.2, -0.15) is 5.10 Å². The Bertz CT molecular complexity index is 271. The second kappa shape index (κ2) is 6.58. The van der Waals surface area contributed by atoms with Crippen LogP contribution in [0, 0.1) is 5.92 Å². The van der Waals surface area contributed by atoms with Gasteiger partial charge in [-0.1, -0.05) is 13.8 Å². The highest BCUT2D eigenvalue weighted by molar-refractivity contribution is 4.98. The van der Waals surface area contributed by atoms with Gasteiger partial charge in [-0.05, 0) is 12.0 Å². The van der Waals surface area contributed by atoms with Crippen LogP contribution in [0.3, 0.4) is 0 Å². The molecule has 1 aromatic heterocycles. The van der Waals surface area contributed by atoms with Gasteiger partial charge in [0.05, 0.1) is 12.3 Å². The van der Waals surface area contributed by atoms with E-state index in [-0.39, 0.29) is 0 Å². The van der Waals surface area contributed by atoms with Crippen LogP contribution in [-0.2, 0) is 17.8 Å². The van der Waals surface area contributed by atoms with Crippen LogP contribution in [0.15, 0.2) is 12.3 Å². The standard InChI is InChI=1S/C11H21N3O/c1-10(2)9-14-6-4-11(13-14)8-12-5-7-15-3/h4,6,10,12H,5,7-9H2,1-3H3. The molecule has 1 heterocycles. The molecule has 0 aliphatic heterocycles. The first kappa shape index (κ1) is 12.2. The molecule has 0 aliphatic carbocycles. The maximum Gasteiger partial charge on any atom is 0.0762 e. The van der Waals surface area contributed by atoms with E-state index >= 15 is 0 Å². The fraction of sp³-hybridized carbons (Fsp3) is 0.727. The molecule has 1 N–H and O–H groups in total. The summed E-state index contributed by atoms with van der Waals surface area (Å²) in [5.74, 6) is 0.638. The molecule has 4 heteroatoms. The molecule has 15 heavy (non-hydrogen) atoms. The van der Waals surface area contributed by atoms with E-state index < -0.39 is 0 Å². The molecule has 0 radical (unpaired) electrons. The Labute approximate surface area is 91.6 Å². The smallest absolute Gasteiger partial charge is 0.0762 e. The summed E-state index contributed by atoms with van der Waals surface area (Å²) in [6.45, 7) is 7.79. The third-order valence-electron chi connectivity index (χ3n) is 2.04. The van der Waals surface area contributed by atoms with E-state index in [0.717, 1.165) is 31.9 Å². The first-order valence-electron chi connectivity index (χ1n) is 5.44. The fourth-order valence-corrected chi connectivity index (χ4v) is 1.36. The molecule has 86 valence electrons. The number of aromatic nitrogens is 2. The largest absolute Gasteiger partial charge is 0.383 e. The molecule has 0 aliphatic rings. The molecular formula is C11H21N3O. The second-order valence-electron chi connectivity index (χ2n) is 4.09. The lowest BCUT2D eigenvalue weighted by Gasteiger charge is -2.04. The monoisotopic (exact) mass is 211 g/mol. The summed E-state index contributed by atoms with van der Waals surface area (Å²) in [4.78, 5) is 0. The van der Waals surface area contributed by atoms with Crippen LogP contribution in [0.25, 0.3) is 0 Å². The van der Waals surface area contributed by atoms with Crippen LogP contribution in [-0.4, -0.2) is 30.0 Å². The second-order valence-corrected chi connectivity index (χ2v) is 4.09. The van der Waals surface area contributed by atoms with Crippen LogP contribution >= 0.6 is 0 Å². The lowest BCUT2D eigenvalue weighted by atomic mass is 10.2. The van der Waals surface area contributed by atoms with Crippen molar-refractivity contribution in [3.8, 4) is 0 Å². The number of rotatable bonds is 7. The van der Waals surface area contributed by atoms with E-state index in [0.29, 0.717) is 5.92 Å². The summed E-state index contributed by atoms with van der Waals surface area (Å²) < 4.78 is 6.95. The maximum atomic E-state index is 4.95. The number of hydrogen-bond donors (Lipinski definition) is 1. The summed E-state index contributed by atoms with van der Waals surface area (Å²) in [6, 6.07) is 2.06. The molecule has 0 amide bonds. The molecule has 0 unspecified atom stereocenters. The summed E-state index contributed by atoms with van der Waals surface area (Å²) in [6.07, 6.45) is 2.04. The zero-order valence-electron chi connectivity index (χ0n) is 9.86. The predicted molar refractivity (Wildman–Crippen MR) is 60.6 cm³/mol. The molecule has 1 rings (SSSR count). The topological polar surface area (TPSA) is 39.1 Å². The molecular weight excluding hydrogens is 190 g/mol. The minimum atomic E-state index is 0.638. The van der Waals surface area contributed by atoms with Crippen molar-refractivity contribution < 1.29 is 4.74 Å². The highest BCUT2D eigenvalue weighted by Crippen LogP contribution is 2.00. The van der Waals surface area contributed by atoms with Gasteiger partial charge in [0.25, 0.3) is 0 Å². The number of nitrogens with zero attached hydrogens (tertiary/aromatic N) is 2. The molecule has 0 atom stereocenters. The van der Waals surface area contributed by atoms with E-state index in [9.17, 15) is 0 Å². The molecule has 0 fully saturated rings. The number of hydrogen-bond acceptors (Lipinski definition) is 3. The molecule has 0 spiro atoms. The molecule has 0 aromatic carbocycles. The van der Waals surface area contributed by atoms with Crippen molar-refractivity contribution in [3.05, 3.63) is 18.0 Å². The van der Waals surface area contributed by atoms with E-state index in [1.165, 1.54) is 0 Å². The Morgan fingerprint density at radius 1 is 1.53 bits per heavy atom. The Morgan fingerprint density at radius 3 is 3.00 bits per heavy atom. The Hall–Kier alpha value is -0.870. The zero-order chi connectivity index (χ0) is 11.1. The van der Waals surface area contributed by atoms with Gasteiger partial charge in [-0.15, -0.1) is 0 Å². The third-order valence-corrected chi connectivity index (χ3v) is 2.04. The SMILES string of the molecule is COCCNCc1ccn(CC(C)C)n1. The van der Waals surface area contributed by atoms with Gasteiger partial charge in [0, 0.05) is 32.9 Å². The van der Waals surface area contributed by atoms with Crippen molar-refractivity contribution in [2.75, 3.05) is 20.3 Å². The third kappa shape index (κ3) is 4.95. The van der Waals surface area contributed by atoms with Gasteiger partial charge < -0.3 is 10.1 Å². The Morgan fingerprint density at radius 2 is 2.33 bits per heavy atom. The molecule has 0 bridgehead atoms. The first-order valence-corrected chi connectivity index (χ1v) is 5.44. The first-order chi connectivity index (χ1) is 7.22. The molecule has 0 saturated heterocycles. The molecule has 4 nitrogen and oxygen atoms in total. The molecule has 1 aromatic rings. The Balaban J connectivity index is 2.26. The van der Waals surface area contributed by atoms with Crippen LogP contribution < -0.4 is 5.32 Å². The molecule has 0 saturated carbocycles. The van der Waals surface area contributed by atoms with Gasteiger partial charge in [0.15, 0.2) is 0 Å². The average molecular weight is 211 g/mol. The quantitative estimate of drug-likeness (QED) is 0.690. The van der Waals surface area contributed by atoms with Gasteiger partial charge >= 0.3 is 0 Å². The average Bonchev–Trinajstić information content (AvgIpc) is 2.59. The predicted octanol–water partition coefficient (Wildman–Crippen LogP) is 1.28. The summed E-state index contributed by atoms with van der Waals surface area (Å²) >= 11 is 0. The maximum absolute atomic E-state index is 4.95. The van der Waals surface area contributed by atoms with Crippen molar-refractivity contribution in [1.82, 2.24) is 15.1 Å². The van der Waals surface area contributed by atoms with Crippen molar-refractivity contribution >= 4 is 0 Å². The summed E-state index contributed by atoms with van der Waals surface area (Å²) in [7, 11) is 1.71. The van der Waals surface area contributed by atoms with Gasteiger partial charge in [0.2, 0.25) is 0 Å². The van der Waals surface area contributed by atoms with E-state index in [4.69, 9.17) is 4.74 Å². The van der Waals surface area contributed by atoms with E-state index in [1.54, 1.807) is 7.11 Å². The number of nitrogens with one attached hydrogen (secondary N) is 1. The lowest BCUT2D eigenvalue weighted by Crippen LogP contribution is -2.19. The van der Waals surface area contributed by atoms with Crippen LogP contribution in [0.2, 0.25) is 0 Å². The summed E-state index contributed by atoms with van der Waals surface area (Å²) in [5.41, 5.74) is 1.09. The highest BCUT2D eigenvalue weighted by Gasteiger charge is 2.00. The minimum Gasteiger partial charge on any atom is -0.383 e. The van der Waals surface area contributed by atoms with Crippen molar-refractivity contribution in [2.45, 2.75) is 26.9 Å². The summed E-state index contributed by atoms with van der Waals surface area (Å²) in [5, 5.41) is 7.73. The van der Waals surface area contributed by atoms with Crippen LogP contribution in [0.5, 0.6) is 0 Å². The number of methoxy groups -OCH3 is 1. The lowest BCUT2D eigenvalue weighted by molar-refractivity contribution is 0.199. The fourth-order valence-electron chi connectivity index (χ4n) is 1.36. The van der Waals surface area contributed by atoms with Crippen molar-refractivity contribution in [2.24, 2.45) is 5.92 Å². The highest BCUT2D eigenvalue weighted by atomic mass is 16.5.